The van der Waals surface area contributed by atoms with Gasteiger partial charge in [-0.3, -0.25) is 4.57 Å². The van der Waals surface area contributed by atoms with Crippen molar-refractivity contribution in [1.29, 1.82) is 0 Å². The van der Waals surface area contributed by atoms with Crippen LogP contribution in [0.3, 0.4) is 0 Å². The number of pyridine rings is 1. The minimum atomic E-state index is -0.00837. The fraction of sp³-hybridized carbons (Fsp3) is 0.136. The summed E-state index contributed by atoms with van der Waals surface area (Å²) < 4.78 is 2.32. The Hall–Kier alpha value is -2.87. The third-order valence-electron chi connectivity index (χ3n) is 5.23. The van der Waals surface area contributed by atoms with Crippen molar-refractivity contribution in [1.82, 2.24) is 9.55 Å². The highest BCUT2D eigenvalue weighted by Gasteiger charge is 2.40. The molecule has 0 saturated carbocycles. The first-order valence-electron chi connectivity index (χ1n) is 8.35. The predicted molar refractivity (Wildman–Crippen MR) is 98.6 cm³/mol. The van der Waals surface area contributed by atoms with Gasteiger partial charge in [-0.05, 0) is 29.3 Å². The van der Waals surface area contributed by atoms with Crippen LogP contribution in [0, 0.1) is 0 Å². The van der Waals surface area contributed by atoms with Crippen molar-refractivity contribution in [3.8, 4) is 17.1 Å². The van der Waals surface area contributed by atoms with Crippen molar-refractivity contribution < 1.29 is 0 Å². The Morgan fingerprint density at radius 1 is 0.833 bits per heavy atom. The van der Waals surface area contributed by atoms with Crippen LogP contribution in [0.15, 0.2) is 72.9 Å². The first kappa shape index (κ1) is 13.6. The Kier molecular flexibility index (Phi) is 2.58. The molecule has 0 aliphatic heterocycles. The van der Waals surface area contributed by atoms with Crippen LogP contribution in [0.4, 0.5) is 0 Å². The molecule has 0 radical (unpaired) electrons. The average Bonchev–Trinajstić information content (AvgIpc) is 3.08. The van der Waals surface area contributed by atoms with E-state index in [2.05, 4.69) is 84.1 Å². The summed E-state index contributed by atoms with van der Waals surface area (Å²) >= 11 is 0. The van der Waals surface area contributed by atoms with Gasteiger partial charge < -0.3 is 0 Å². The van der Waals surface area contributed by atoms with Crippen molar-refractivity contribution in [3.05, 3.63) is 84.1 Å². The number of para-hydroxylation sites is 1. The van der Waals surface area contributed by atoms with E-state index in [4.69, 9.17) is 0 Å². The monoisotopic (exact) mass is 310 g/mol. The zero-order valence-corrected chi connectivity index (χ0v) is 13.8. The molecule has 2 heteroatoms. The van der Waals surface area contributed by atoms with Gasteiger partial charge in [-0.15, -0.1) is 0 Å². The molecule has 116 valence electrons. The lowest BCUT2D eigenvalue weighted by molar-refractivity contribution is 0.666. The summed E-state index contributed by atoms with van der Waals surface area (Å²) in [7, 11) is 0. The van der Waals surface area contributed by atoms with Crippen LogP contribution in [0.2, 0.25) is 0 Å². The van der Waals surface area contributed by atoms with Crippen molar-refractivity contribution in [2.75, 3.05) is 0 Å². The lowest BCUT2D eigenvalue weighted by Crippen LogP contribution is -2.14. The van der Waals surface area contributed by atoms with E-state index >= 15 is 0 Å². The molecule has 2 aromatic heterocycles. The molecule has 0 fully saturated rings. The normalized spacial score (nSPS) is 14.6. The highest BCUT2D eigenvalue weighted by atomic mass is 15.1. The summed E-state index contributed by atoms with van der Waals surface area (Å²) in [5.74, 6) is 0.974. The van der Waals surface area contributed by atoms with E-state index in [0.717, 1.165) is 5.82 Å². The van der Waals surface area contributed by atoms with Gasteiger partial charge in [0.2, 0.25) is 0 Å². The molecule has 0 unspecified atom stereocenters. The van der Waals surface area contributed by atoms with E-state index in [-0.39, 0.29) is 5.41 Å². The largest absolute Gasteiger partial charge is 0.293 e. The zero-order valence-electron chi connectivity index (χ0n) is 13.8. The molecule has 1 aliphatic rings. The predicted octanol–water partition coefficient (Wildman–Crippen LogP) is 5.33. The van der Waals surface area contributed by atoms with Gasteiger partial charge >= 0.3 is 0 Å². The Labute approximate surface area is 141 Å². The summed E-state index contributed by atoms with van der Waals surface area (Å²) in [6.07, 6.45) is 1.86. The summed E-state index contributed by atoms with van der Waals surface area (Å²) in [5, 5.41) is 1.32. The van der Waals surface area contributed by atoms with Crippen molar-refractivity contribution in [2.45, 2.75) is 19.3 Å². The molecule has 2 heterocycles. The minimum absolute atomic E-state index is 0.00837. The van der Waals surface area contributed by atoms with Gasteiger partial charge in [-0.25, -0.2) is 4.98 Å². The molecule has 24 heavy (non-hydrogen) atoms. The molecule has 0 spiro atoms. The molecule has 0 amide bonds. The zero-order chi connectivity index (χ0) is 16.3. The van der Waals surface area contributed by atoms with E-state index in [1.165, 1.54) is 33.3 Å². The lowest BCUT2D eigenvalue weighted by Gasteiger charge is -2.21. The summed E-state index contributed by atoms with van der Waals surface area (Å²) in [5.41, 5.74) is 6.62. The molecule has 0 saturated heterocycles. The van der Waals surface area contributed by atoms with E-state index in [1.54, 1.807) is 0 Å². The Morgan fingerprint density at radius 2 is 1.58 bits per heavy atom. The molecule has 1 aliphatic carbocycles. The van der Waals surface area contributed by atoms with Crippen LogP contribution in [0.25, 0.3) is 28.0 Å². The summed E-state index contributed by atoms with van der Waals surface area (Å²) in [4.78, 5) is 4.63. The second kappa shape index (κ2) is 4.57. The van der Waals surface area contributed by atoms with Gasteiger partial charge in [0, 0.05) is 22.6 Å². The Bertz CT molecular complexity index is 1070. The Balaban J connectivity index is 2.01. The van der Waals surface area contributed by atoms with Gasteiger partial charge in [-0.1, -0.05) is 62.4 Å². The maximum atomic E-state index is 4.63. The second-order valence-corrected chi connectivity index (χ2v) is 6.93. The minimum Gasteiger partial charge on any atom is -0.293 e. The maximum absolute atomic E-state index is 4.63. The first-order chi connectivity index (χ1) is 11.7. The number of aromatic nitrogens is 2. The smallest absolute Gasteiger partial charge is 0.137 e. The molecule has 0 bridgehead atoms. The van der Waals surface area contributed by atoms with Crippen LogP contribution in [0.1, 0.15) is 25.0 Å². The van der Waals surface area contributed by atoms with Gasteiger partial charge in [0.05, 0.1) is 11.2 Å². The highest BCUT2D eigenvalue weighted by molar-refractivity contribution is 5.98. The molecule has 0 N–H and O–H groups in total. The van der Waals surface area contributed by atoms with E-state index in [1.807, 2.05) is 12.3 Å². The maximum Gasteiger partial charge on any atom is 0.137 e. The molecule has 5 rings (SSSR count). The van der Waals surface area contributed by atoms with Crippen molar-refractivity contribution in [2.24, 2.45) is 0 Å². The van der Waals surface area contributed by atoms with E-state index < -0.39 is 0 Å². The van der Waals surface area contributed by atoms with Gasteiger partial charge in [0.1, 0.15) is 5.82 Å². The quantitative estimate of drug-likeness (QED) is 0.464. The average molecular weight is 310 g/mol. The third kappa shape index (κ3) is 1.58. The number of benzene rings is 2. The van der Waals surface area contributed by atoms with Gasteiger partial charge in [-0.2, -0.15) is 0 Å². The highest BCUT2D eigenvalue weighted by Crippen LogP contribution is 2.53. The fourth-order valence-corrected chi connectivity index (χ4v) is 4.22. The number of rotatable bonds is 1. The van der Waals surface area contributed by atoms with Crippen LogP contribution >= 0.6 is 0 Å². The molecule has 4 aromatic rings. The fourth-order valence-electron chi connectivity index (χ4n) is 4.22. The van der Waals surface area contributed by atoms with Crippen molar-refractivity contribution >= 4 is 10.9 Å². The topological polar surface area (TPSA) is 17.8 Å². The Morgan fingerprint density at radius 3 is 2.42 bits per heavy atom. The first-order valence-corrected chi connectivity index (χ1v) is 8.35. The third-order valence-corrected chi connectivity index (χ3v) is 5.23. The van der Waals surface area contributed by atoms with Crippen LogP contribution in [0.5, 0.6) is 0 Å². The molecule has 2 aromatic carbocycles. The van der Waals surface area contributed by atoms with Crippen LogP contribution < -0.4 is 0 Å². The van der Waals surface area contributed by atoms with Crippen molar-refractivity contribution in [3.63, 3.8) is 0 Å². The molecule has 0 atom stereocenters. The van der Waals surface area contributed by atoms with Crippen LogP contribution in [-0.2, 0) is 5.41 Å². The summed E-state index contributed by atoms with van der Waals surface area (Å²) in [6, 6.07) is 23.5. The van der Waals surface area contributed by atoms with Crippen LogP contribution in [-0.4, -0.2) is 9.55 Å². The van der Waals surface area contributed by atoms with E-state index in [9.17, 15) is 0 Å². The number of fused-ring (bicyclic) bond motifs is 5. The SMILES string of the molecule is CC1(C)c2ccccc2-c2c1c1ccccc1n2-c1ccccn1. The van der Waals surface area contributed by atoms with Gasteiger partial charge in [0.25, 0.3) is 0 Å². The number of nitrogens with zero attached hydrogens (tertiary/aromatic N) is 2. The molecular formula is C22H18N2. The lowest BCUT2D eigenvalue weighted by atomic mass is 9.81. The number of hydrogen-bond acceptors (Lipinski definition) is 1. The summed E-state index contributed by atoms with van der Waals surface area (Å²) in [6.45, 7) is 4.65. The number of hydrogen-bond donors (Lipinski definition) is 0. The second-order valence-electron chi connectivity index (χ2n) is 6.93. The standard InChI is InChI=1S/C22H18N2/c1-22(2)17-11-5-3-9-15(17)21-20(22)16-10-4-6-12-18(16)24(21)19-13-7-8-14-23-19/h3-14H,1-2H3. The van der Waals surface area contributed by atoms with E-state index in [0.29, 0.717) is 0 Å². The molecule has 2 nitrogen and oxygen atoms in total. The van der Waals surface area contributed by atoms with Gasteiger partial charge in [0.15, 0.2) is 0 Å². The molecular weight excluding hydrogens is 292 g/mol.